The molecule has 1 N–H and O–H groups in total. The van der Waals surface area contributed by atoms with E-state index in [0.717, 1.165) is 11.1 Å². The van der Waals surface area contributed by atoms with Gasteiger partial charge in [0.2, 0.25) is 11.8 Å². The Labute approximate surface area is 120 Å². The Hall–Kier alpha value is -1.84. The van der Waals surface area contributed by atoms with E-state index in [1.807, 2.05) is 25.1 Å². The van der Waals surface area contributed by atoms with Gasteiger partial charge in [-0.15, -0.1) is 0 Å². The number of rotatable bonds is 4. The van der Waals surface area contributed by atoms with E-state index in [4.69, 9.17) is 0 Å². The second-order valence-electron chi connectivity index (χ2n) is 5.87. The number of carbonyl (C=O) groups is 2. The van der Waals surface area contributed by atoms with Crippen molar-refractivity contribution in [3.63, 3.8) is 0 Å². The van der Waals surface area contributed by atoms with Crippen LogP contribution >= 0.6 is 0 Å². The predicted octanol–water partition coefficient (Wildman–Crippen LogP) is 1.87. The Morgan fingerprint density at radius 1 is 1.35 bits per heavy atom. The molecule has 0 aliphatic carbocycles. The van der Waals surface area contributed by atoms with E-state index in [1.165, 1.54) is 0 Å². The van der Waals surface area contributed by atoms with Crippen LogP contribution < -0.4 is 5.32 Å². The molecule has 1 heterocycles. The van der Waals surface area contributed by atoms with Crippen molar-refractivity contribution in [2.75, 3.05) is 6.54 Å². The van der Waals surface area contributed by atoms with Gasteiger partial charge in [0.15, 0.2) is 0 Å². The summed E-state index contributed by atoms with van der Waals surface area (Å²) in [7, 11) is 0. The molecule has 4 nitrogen and oxygen atoms in total. The average Bonchev–Trinajstić information content (AvgIpc) is 2.38. The summed E-state index contributed by atoms with van der Waals surface area (Å²) in [6, 6.07) is 7.72. The van der Waals surface area contributed by atoms with Gasteiger partial charge in [-0.1, -0.05) is 43.7 Å². The van der Waals surface area contributed by atoms with E-state index in [-0.39, 0.29) is 24.4 Å². The lowest BCUT2D eigenvalue weighted by Gasteiger charge is -2.36. The molecule has 0 spiro atoms. The molecule has 0 aromatic heterocycles. The fourth-order valence-electron chi connectivity index (χ4n) is 2.58. The van der Waals surface area contributed by atoms with Gasteiger partial charge in [0.1, 0.15) is 6.04 Å². The van der Waals surface area contributed by atoms with Crippen LogP contribution in [0.2, 0.25) is 0 Å². The first-order chi connectivity index (χ1) is 9.47. The molecule has 0 bridgehead atoms. The van der Waals surface area contributed by atoms with Crippen LogP contribution in [0.5, 0.6) is 0 Å². The van der Waals surface area contributed by atoms with Crippen molar-refractivity contribution in [2.24, 2.45) is 5.92 Å². The van der Waals surface area contributed by atoms with Crippen LogP contribution in [0.15, 0.2) is 24.3 Å². The summed E-state index contributed by atoms with van der Waals surface area (Å²) < 4.78 is 0. The van der Waals surface area contributed by atoms with E-state index in [0.29, 0.717) is 18.9 Å². The molecule has 108 valence electrons. The maximum Gasteiger partial charge on any atom is 0.243 e. The summed E-state index contributed by atoms with van der Waals surface area (Å²) in [6.07, 6.45) is 0.698. The lowest BCUT2D eigenvalue weighted by molar-refractivity contribution is -0.146. The zero-order valence-corrected chi connectivity index (χ0v) is 12.3. The molecule has 1 aliphatic heterocycles. The summed E-state index contributed by atoms with van der Waals surface area (Å²) in [5.41, 5.74) is 2.23. The molecule has 4 heteroatoms. The number of aryl methyl sites for hydroxylation is 1. The summed E-state index contributed by atoms with van der Waals surface area (Å²) >= 11 is 0. The highest BCUT2D eigenvalue weighted by atomic mass is 16.2. The maximum atomic E-state index is 12.1. The van der Waals surface area contributed by atoms with Crippen molar-refractivity contribution in [1.82, 2.24) is 10.2 Å². The number of carbonyl (C=O) groups excluding carboxylic acids is 2. The minimum Gasteiger partial charge on any atom is -0.345 e. The number of benzene rings is 1. The normalized spacial score (nSPS) is 19.4. The minimum absolute atomic E-state index is 0.00300. The quantitative estimate of drug-likeness (QED) is 0.911. The molecule has 1 aromatic carbocycles. The van der Waals surface area contributed by atoms with Gasteiger partial charge >= 0.3 is 0 Å². The van der Waals surface area contributed by atoms with Gasteiger partial charge in [0.05, 0.1) is 6.54 Å². The standard InChI is InChI=1S/C16H22N2O2/c1-11(2)7-14-16(20)17-9-15(19)18(14)10-13-6-4-5-12(3)8-13/h4-6,8,11,14H,7,9-10H2,1-3H3,(H,17,20). The van der Waals surface area contributed by atoms with Crippen molar-refractivity contribution in [3.05, 3.63) is 35.4 Å². The van der Waals surface area contributed by atoms with Crippen LogP contribution in [-0.4, -0.2) is 29.3 Å². The van der Waals surface area contributed by atoms with E-state index in [2.05, 4.69) is 25.2 Å². The molecule has 0 saturated carbocycles. The summed E-state index contributed by atoms with van der Waals surface area (Å²) in [6.45, 7) is 6.78. The summed E-state index contributed by atoms with van der Waals surface area (Å²) in [5, 5.41) is 2.68. The maximum absolute atomic E-state index is 12.1. The molecule has 1 fully saturated rings. The SMILES string of the molecule is Cc1cccc(CN2C(=O)CNC(=O)C2CC(C)C)c1. The smallest absolute Gasteiger partial charge is 0.243 e. The highest BCUT2D eigenvalue weighted by Gasteiger charge is 2.34. The number of amides is 2. The molecule has 1 unspecified atom stereocenters. The van der Waals surface area contributed by atoms with Gasteiger partial charge in [-0.05, 0) is 24.8 Å². The van der Waals surface area contributed by atoms with Crippen LogP contribution in [0.3, 0.4) is 0 Å². The molecular weight excluding hydrogens is 252 g/mol. The van der Waals surface area contributed by atoms with Crippen molar-refractivity contribution in [2.45, 2.75) is 39.8 Å². The first-order valence-electron chi connectivity index (χ1n) is 7.10. The Morgan fingerprint density at radius 2 is 2.10 bits per heavy atom. The molecule has 2 rings (SSSR count). The summed E-state index contributed by atoms with van der Waals surface area (Å²) in [4.78, 5) is 25.9. The lowest BCUT2D eigenvalue weighted by Crippen LogP contribution is -2.58. The molecule has 1 saturated heterocycles. The van der Waals surface area contributed by atoms with Gasteiger partial charge < -0.3 is 10.2 Å². The molecule has 1 atom stereocenters. The zero-order chi connectivity index (χ0) is 14.7. The largest absolute Gasteiger partial charge is 0.345 e. The third kappa shape index (κ3) is 3.38. The van der Waals surface area contributed by atoms with E-state index >= 15 is 0 Å². The van der Waals surface area contributed by atoms with Crippen LogP contribution in [0.4, 0.5) is 0 Å². The molecule has 2 amide bonds. The molecular formula is C16H22N2O2. The number of piperazine rings is 1. The molecule has 0 radical (unpaired) electrons. The van der Waals surface area contributed by atoms with E-state index < -0.39 is 0 Å². The fourth-order valence-corrected chi connectivity index (χ4v) is 2.58. The van der Waals surface area contributed by atoms with Gasteiger partial charge in [-0.25, -0.2) is 0 Å². The first kappa shape index (κ1) is 14.6. The van der Waals surface area contributed by atoms with Crippen LogP contribution in [0.1, 0.15) is 31.4 Å². The third-order valence-corrected chi connectivity index (χ3v) is 3.54. The predicted molar refractivity (Wildman–Crippen MR) is 78.0 cm³/mol. The lowest BCUT2D eigenvalue weighted by atomic mass is 9.99. The average molecular weight is 274 g/mol. The summed E-state index contributed by atoms with van der Waals surface area (Å²) in [5.74, 6) is 0.333. The Morgan fingerprint density at radius 3 is 2.75 bits per heavy atom. The number of nitrogens with zero attached hydrogens (tertiary/aromatic N) is 1. The second kappa shape index (κ2) is 6.07. The Balaban J connectivity index is 2.19. The minimum atomic E-state index is -0.350. The van der Waals surface area contributed by atoms with Gasteiger partial charge in [0, 0.05) is 6.54 Å². The molecule has 1 aliphatic rings. The van der Waals surface area contributed by atoms with Gasteiger partial charge in [-0.2, -0.15) is 0 Å². The van der Waals surface area contributed by atoms with Crippen molar-refractivity contribution < 1.29 is 9.59 Å². The monoisotopic (exact) mass is 274 g/mol. The zero-order valence-electron chi connectivity index (χ0n) is 12.3. The van der Waals surface area contributed by atoms with Gasteiger partial charge in [-0.3, -0.25) is 9.59 Å². The van der Waals surface area contributed by atoms with Crippen molar-refractivity contribution in [3.8, 4) is 0 Å². The molecule has 20 heavy (non-hydrogen) atoms. The molecule has 1 aromatic rings. The third-order valence-electron chi connectivity index (χ3n) is 3.54. The van der Waals surface area contributed by atoms with Crippen molar-refractivity contribution in [1.29, 1.82) is 0 Å². The highest BCUT2D eigenvalue weighted by Crippen LogP contribution is 2.18. The Kier molecular flexibility index (Phi) is 4.42. The number of hydrogen-bond donors (Lipinski definition) is 1. The number of nitrogens with one attached hydrogen (secondary N) is 1. The van der Waals surface area contributed by atoms with E-state index in [1.54, 1.807) is 4.90 Å². The Bertz CT molecular complexity index is 511. The number of hydrogen-bond acceptors (Lipinski definition) is 2. The van der Waals surface area contributed by atoms with Crippen LogP contribution in [0.25, 0.3) is 0 Å². The highest BCUT2D eigenvalue weighted by molar-refractivity contribution is 5.94. The first-order valence-corrected chi connectivity index (χ1v) is 7.10. The fraction of sp³-hybridized carbons (Fsp3) is 0.500. The second-order valence-corrected chi connectivity index (χ2v) is 5.87. The van der Waals surface area contributed by atoms with Crippen LogP contribution in [-0.2, 0) is 16.1 Å². The van der Waals surface area contributed by atoms with Crippen LogP contribution in [0, 0.1) is 12.8 Å². The van der Waals surface area contributed by atoms with E-state index in [9.17, 15) is 9.59 Å². The van der Waals surface area contributed by atoms with Crippen molar-refractivity contribution >= 4 is 11.8 Å². The van der Waals surface area contributed by atoms with Gasteiger partial charge in [0.25, 0.3) is 0 Å². The topological polar surface area (TPSA) is 49.4 Å².